The lowest BCUT2D eigenvalue weighted by molar-refractivity contribution is -0.141. The first kappa shape index (κ1) is 12.9. The SMILES string of the molecule is N#CC1CCCC1NC(=O)C1CCC(C(=O)O)C1. The van der Waals surface area contributed by atoms with E-state index >= 15 is 0 Å². The van der Waals surface area contributed by atoms with Crippen LogP contribution in [0.5, 0.6) is 0 Å². The van der Waals surface area contributed by atoms with Crippen molar-refractivity contribution in [3.63, 3.8) is 0 Å². The van der Waals surface area contributed by atoms with Crippen LogP contribution < -0.4 is 5.32 Å². The Morgan fingerprint density at radius 1 is 1.17 bits per heavy atom. The van der Waals surface area contributed by atoms with Crippen LogP contribution in [-0.4, -0.2) is 23.0 Å². The van der Waals surface area contributed by atoms with Crippen molar-refractivity contribution < 1.29 is 14.7 Å². The molecule has 0 spiro atoms. The fourth-order valence-electron chi connectivity index (χ4n) is 3.03. The summed E-state index contributed by atoms with van der Waals surface area (Å²) in [5.41, 5.74) is 0. The Balaban J connectivity index is 1.86. The quantitative estimate of drug-likeness (QED) is 0.789. The van der Waals surface area contributed by atoms with Crippen molar-refractivity contribution >= 4 is 11.9 Å². The first-order valence-corrected chi connectivity index (χ1v) is 6.54. The summed E-state index contributed by atoms with van der Waals surface area (Å²) >= 11 is 0. The van der Waals surface area contributed by atoms with Crippen molar-refractivity contribution in [2.45, 2.75) is 44.6 Å². The molecule has 0 heterocycles. The minimum Gasteiger partial charge on any atom is -0.481 e. The molecule has 2 fully saturated rings. The van der Waals surface area contributed by atoms with E-state index in [0.29, 0.717) is 19.3 Å². The summed E-state index contributed by atoms with van der Waals surface area (Å²) in [7, 11) is 0. The van der Waals surface area contributed by atoms with Gasteiger partial charge in [0.2, 0.25) is 5.91 Å². The molecule has 2 saturated carbocycles. The molecule has 98 valence electrons. The number of hydrogen-bond acceptors (Lipinski definition) is 3. The Morgan fingerprint density at radius 2 is 1.89 bits per heavy atom. The Bertz CT molecular complexity index is 388. The zero-order valence-electron chi connectivity index (χ0n) is 10.3. The summed E-state index contributed by atoms with van der Waals surface area (Å²) in [6.07, 6.45) is 4.35. The molecule has 2 rings (SSSR count). The van der Waals surface area contributed by atoms with Gasteiger partial charge in [0, 0.05) is 12.0 Å². The summed E-state index contributed by atoms with van der Waals surface area (Å²) in [6.45, 7) is 0. The van der Waals surface area contributed by atoms with Crippen LogP contribution in [0.15, 0.2) is 0 Å². The van der Waals surface area contributed by atoms with Crippen molar-refractivity contribution in [2.75, 3.05) is 0 Å². The summed E-state index contributed by atoms with van der Waals surface area (Å²) in [5, 5.41) is 20.8. The molecule has 1 amide bonds. The normalized spacial score (nSPS) is 35.1. The second kappa shape index (κ2) is 5.38. The Labute approximate surface area is 106 Å². The second-order valence-corrected chi connectivity index (χ2v) is 5.33. The van der Waals surface area contributed by atoms with Gasteiger partial charge in [0.1, 0.15) is 0 Å². The molecule has 0 aliphatic heterocycles. The van der Waals surface area contributed by atoms with Crippen molar-refractivity contribution in [1.82, 2.24) is 5.32 Å². The maximum absolute atomic E-state index is 12.0. The van der Waals surface area contributed by atoms with Crippen LogP contribution in [0, 0.1) is 29.1 Å². The van der Waals surface area contributed by atoms with E-state index in [-0.39, 0.29) is 29.7 Å². The summed E-state index contributed by atoms with van der Waals surface area (Å²) in [4.78, 5) is 22.9. The van der Waals surface area contributed by atoms with E-state index in [9.17, 15) is 9.59 Å². The highest BCUT2D eigenvalue weighted by molar-refractivity contribution is 5.81. The number of amides is 1. The monoisotopic (exact) mass is 250 g/mol. The number of nitrogens with zero attached hydrogens (tertiary/aromatic N) is 1. The van der Waals surface area contributed by atoms with Gasteiger partial charge in [-0.3, -0.25) is 9.59 Å². The predicted molar refractivity (Wildman–Crippen MR) is 63.4 cm³/mol. The Hall–Kier alpha value is -1.57. The Kier molecular flexibility index (Phi) is 3.85. The van der Waals surface area contributed by atoms with Gasteiger partial charge < -0.3 is 10.4 Å². The van der Waals surface area contributed by atoms with Crippen LogP contribution in [0.3, 0.4) is 0 Å². The molecule has 0 aromatic heterocycles. The van der Waals surface area contributed by atoms with Crippen LogP contribution in [0.1, 0.15) is 38.5 Å². The molecule has 0 saturated heterocycles. The van der Waals surface area contributed by atoms with Crippen molar-refractivity contribution in [3.05, 3.63) is 0 Å². The maximum atomic E-state index is 12.0. The number of aliphatic carboxylic acids is 1. The molecule has 5 nitrogen and oxygen atoms in total. The summed E-state index contributed by atoms with van der Waals surface area (Å²) in [6, 6.07) is 2.19. The number of rotatable bonds is 3. The standard InChI is InChI=1S/C13H18N2O3/c14-7-10-2-1-3-11(10)15-12(16)8-4-5-9(6-8)13(17)18/h8-11H,1-6H2,(H,15,16)(H,17,18). The van der Waals surface area contributed by atoms with Crippen molar-refractivity contribution in [2.24, 2.45) is 17.8 Å². The predicted octanol–water partition coefficient (Wildman–Crippen LogP) is 1.30. The van der Waals surface area contributed by atoms with Crippen LogP contribution in [0.25, 0.3) is 0 Å². The summed E-state index contributed by atoms with van der Waals surface area (Å²) < 4.78 is 0. The second-order valence-electron chi connectivity index (χ2n) is 5.33. The number of carbonyl (C=O) groups excluding carboxylic acids is 1. The molecule has 0 aromatic carbocycles. The number of nitriles is 1. The smallest absolute Gasteiger partial charge is 0.306 e. The Morgan fingerprint density at radius 3 is 2.50 bits per heavy atom. The highest BCUT2D eigenvalue weighted by atomic mass is 16.4. The van der Waals surface area contributed by atoms with Gasteiger partial charge in [-0.2, -0.15) is 5.26 Å². The average molecular weight is 250 g/mol. The van der Waals surface area contributed by atoms with E-state index in [1.807, 2.05) is 0 Å². The third-order valence-electron chi connectivity index (χ3n) is 4.16. The molecule has 2 aliphatic rings. The third-order valence-corrected chi connectivity index (χ3v) is 4.16. The lowest BCUT2D eigenvalue weighted by Gasteiger charge is -2.18. The lowest BCUT2D eigenvalue weighted by Crippen LogP contribution is -2.40. The van der Waals surface area contributed by atoms with Gasteiger partial charge in [-0.25, -0.2) is 0 Å². The largest absolute Gasteiger partial charge is 0.481 e. The molecule has 2 aliphatic carbocycles. The third kappa shape index (κ3) is 2.63. The highest BCUT2D eigenvalue weighted by Crippen LogP contribution is 2.32. The summed E-state index contributed by atoms with van der Waals surface area (Å²) in [5.74, 6) is -1.51. The van der Waals surface area contributed by atoms with Crippen LogP contribution >= 0.6 is 0 Å². The van der Waals surface area contributed by atoms with E-state index in [4.69, 9.17) is 10.4 Å². The lowest BCUT2D eigenvalue weighted by atomic mass is 10.0. The van der Waals surface area contributed by atoms with E-state index in [2.05, 4.69) is 11.4 Å². The van der Waals surface area contributed by atoms with Gasteiger partial charge in [0.25, 0.3) is 0 Å². The van der Waals surface area contributed by atoms with Gasteiger partial charge in [0.15, 0.2) is 0 Å². The molecule has 0 radical (unpaired) electrons. The highest BCUT2D eigenvalue weighted by Gasteiger charge is 2.36. The minimum absolute atomic E-state index is 0.0358. The number of nitrogens with one attached hydrogen (secondary N) is 1. The van der Waals surface area contributed by atoms with Gasteiger partial charge in [-0.05, 0) is 38.5 Å². The van der Waals surface area contributed by atoms with Crippen molar-refractivity contribution in [3.8, 4) is 6.07 Å². The van der Waals surface area contributed by atoms with Gasteiger partial charge in [-0.15, -0.1) is 0 Å². The molecule has 2 N–H and O–H groups in total. The van der Waals surface area contributed by atoms with E-state index < -0.39 is 5.97 Å². The molecule has 4 atom stereocenters. The maximum Gasteiger partial charge on any atom is 0.306 e. The van der Waals surface area contributed by atoms with E-state index in [0.717, 1.165) is 19.3 Å². The van der Waals surface area contributed by atoms with Crippen molar-refractivity contribution in [1.29, 1.82) is 5.26 Å². The topological polar surface area (TPSA) is 90.2 Å². The van der Waals surface area contributed by atoms with E-state index in [1.54, 1.807) is 0 Å². The minimum atomic E-state index is -0.805. The molecule has 0 aromatic rings. The number of hydrogen-bond donors (Lipinski definition) is 2. The van der Waals surface area contributed by atoms with Gasteiger partial charge >= 0.3 is 5.97 Å². The van der Waals surface area contributed by atoms with Crippen LogP contribution in [0.2, 0.25) is 0 Å². The zero-order chi connectivity index (χ0) is 13.1. The first-order chi connectivity index (χ1) is 8.61. The molecule has 5 heteroatoms. The zero-order valence-corrected chi connectivity index (χ0v) is 10.3. The number of carboxylic acid groups (broad SMARTS) is 1. The van der Waals surface area contributed by atoms with Gasteiger partial charge in [0.05, 0.1) is 17.9 Å². The fourth-order valence-corrected chi connectivity index (χ4v) is 3.03. The number of carboxylic acids is 1. The molecular weight excluding hydrogens is 232 g/mol. The average Bonchev–Trinajstić information content (AvgIpc) is 2.96. The van der Waals surface area contributed by atoms with Crippen LogP contribution in [0.4, 0.5) is 0 Å². The molecule has 4 unspecified atom stereocenters. The first-order valence-electron chi connectivity index (χ1n) is 6.54. The molecule has 0 bridgehead atoms. The molecular formula is C13H18N2O3. The van der Waals surface area contributed by atoms with E-state index in [1.165, 1.54) is 0 Å². The van der Waals surface area contributed by atoms with Gasteiger partial charge in [-0.1, -0.05) is 0 Å². The number of carbonyl (C=O) groups is 2. The van der Waals surface area contributed by atoms with Crippen LogP contribution in [-0.2, 0) is 9.59 Å². The fraction of sp³-hybridized carbons (Fsp3) is 0.769. The molecule has 18 heavy (non-hydrogen) atoms.